The molecule has 2 amide bonds. The van der Waals surface area contributed by atoms with Crippen molar-refractivity contribution in [2.45, 2.75) is 26.4 Å². The third kappa shape index (κ3) is 2.21. The Balaban J connectivity index is 2.59. The number of likely N-dealkylation sites (tertiary alicyclic amines) is 1. The van der Waals surface area contributed by atoms with Gasteiger partial charge in [0.2, 0.25) is 11.8 Å². The molecular formula is C10H15NO5. The molecule has 0 aromatic carbocycles. The maximum Gasteiger partial charge on any atom is 0.332 e. The molecule has 0 radical (unpaired) electrons. The lowest BCUT2D eigenvalue weighted by atomic mass is 10.00. The standard InChI is InChI=1S/C10H15NO5/c1-5-6(2)9(14)11(8(5)13)4-3-7(12)10(15)16/h5-7,12H,3-4H2,1-2H3,(H,15,16). The smallest absolute Gasteiger partial charge is 0.332 e. The molecule has 1 fully saturated rings. The number of imide groups is 1. The molecule has 0 aromatic rings. The fraction of sp³-hybridized carbons (Fsp3) is 0.700. The normalized spacial score (nSPS) is 27.3. The van der Waals surface area contributed by atoms with Crippen LogP contribution in [0.4, 0.5) is 0 Å². The van der Waals surface area contributed by atoms with E-state index < -0.39 is 12.1 Å². The summed E-state index contributed by atoms with van der Waals surface area (Å²) in [5, 5.41) is 17.5. The molecule has 3 unspecified atom stereocenters. The summed E-state index contributed by atoms with van der Waals surface area (Å²) in [4.78, 5) is 34.6. The lowest BCUT2D eigenvalue weighted by Gasteiger charge is -2.15. The van der Waals surface area contributed by atoms with E-state index in [2.05, 4.69) is 0 Å². The van der Waals surface area contributed by atoms with E-state index in [0.29, 0.717) is 0 Å². The molecule has 16 heavy (non-hydrogen) atoms. The number of carbonyl (C=O) groups is 3. The average Bonchev–Trinajstić information content (AvgIpc) is 2.41. The lowest BCUT2D eigenvalue weighted by Crippen LogP contribution is -2.35. The number of rotatable bonds is 4. The summed E-state index contributed by atoms with van der Waals surface area (Å²) < 4.78 is 0. The minimum atomic E-state index is -1.54. The van der Waals surface area contributed by atoms with Crippen molar-refractivity contribution in [3.63, 3.8) is 0 Å². The Bertz CT molecular complexity index is 307. The van der Waals surface area contributed by atoms with Crippen LogP contribution in [0.1, 0.15) is 20.3 Å². The number of aliphatic hydroxyl groups excluding tert-OH is 1. The highest BCUT2D eigenvalue weighted by atomic mass is 16.4. The van der Waals surface area contributed by atoms with Crippen molar-refractivity contribution in [1.29, 1.82) is 0 Å². The van der Waals surface area contributed by atoms with E-state index >= 15 is 0 Å². The maximum atomic E-state index is 11.6. The molecule has 0 aliphatic carbocycles. The number of hydrogen-bond donors (Lipinski definition) is 2. The molecule has 0 aromatic heterocycles. The molecule has 3 atom stereocenters. The van der Waals surface area contributed by atoms with Gasteiger partial charge in [-0.15, -0.1) is 0 Å². The van der Waals surface area contributed by atoms with E-state index in [1.165, 1.54) is 0 Å². The SMILES string of the molecule is CC1C(=O)N(CCC(O)C(=O)O)C(=O)C1C. The van der Waals surface area contributed by atoms with Crippen LogP contribution >= 0.6 is 0 Å². The second-order valence-electron chi connectivity index (χ2n) is 4.05. The van der Waals surface area contributed by atoms with E-state index in [-0.39, 0.29) is 36.6 Å². The molecule has 2 N–H and O–H groups in total. The highest BCUT2D eigenvalue weighted by Crippen LogP contribution is 2.25. The molecule has 0 bridgehead atoms. The van der Waals surface area contributed by atoms with Crippen LogP contribution in [0, 0.1) is 11.8 Å². The molecule has 1 aliphatic rings. The summed E-state index contributed by atoms with van der Waals surface area (Å²) >= 11 is 0. The predicted molar refractivity (Wildman–Crippen MR) is 53.3 cm³/mol. The number of hydrogen-bond acceptors (Lipinski definition) is 4. The van der Waals surface area contributed by atoms with Crippen LogP contribution in [0.5, 0.6) is 0 Å². The molecule has 6 nitrogen and oxygen atoms in total. The number of aliphatic carboxylic acids is 1. The molecule has 1 aliphatic heterocycles. The van der Waals surface area contributed by atoms with Crippen molar-refractivity contribution in [3.8, 4) is 0 Å². The molecule has 6 heteroatoms. The molecular weight excluding hydrogens is 214 g/mol. The Hall–Kier alpha value is -1.43. The Morgan fingerprint density at radius 2 is 1.75 bits per heavy atom. The first-order chi connectivity index (χ1) is 7.36. The van der Waals surface area contributed by atoms with Gasteiger partial charge in [-0.25, -0.2) is 4.79 Å². The second kappa shape index (κ2) is 4.61. The van der Waals surface area contributed by atoms with E-state index in [1.54, 1.807) is 13.8 Å². The van der Waals surface area contributed by atoms with Crippen LogP contribution in [-0.4, -0.2) is 45.5 Å². The summed E-state index contributed by atoms with van der Waals surface area (Å²) in [5.41, 5.74) is 0. The summed E-state index contributed by atoms with van der Waals surface area (Å²) in [6, 6.07) is 0. The van der Waals surface area contributed by atoms with Crippen molar-refractivity contribution in [2.24, 2.45) is 11.8 Å². The van der Waals surface area contributed by atoms with Crippen molar-refractivity contribution in [1.82, 2.24) is 4.90 Å². The van der Waals surface area contributed by atoms with Gasteiger partial charge in [0.25, 0.3) is 0 Å². The van der Waals surface area contributed by atoms with Gasteiger partial charge in [-0.05, 0) is 0 Å². The highest BCUT2D eigenvalue weighted by molar-refractivity contribution is 6.04. The van der Waals surface area contributed by atoms with Gasteiger partial charge in [0, 0.05) is 24.8 Å². The number of carboxylic acid groups (broad SMARTS) is 1. The van der Waals surface area contributed by atoms with Gasteiger partial charge < -0.3 is 10.2 Å². The first-order valence-corrected chi connectivity index (χ1v) is 5.12. The van der Waals surface area contributed by atoms with E-state index in [9.17, 15) is 14.4 Å². The van der Waals surface area contributed by atoms with Gasteiger partial charge in [-0.1, -0.05) is 13.8 Å². The van der Waals surface area contributed by atoms with Crippen LogP contribution < -0.4 is 0 Å². The third-order valence-electron chi connectivity index (χ3n) is 2.97. The summed E-state index contributed by atoms with van der Waals surface area (Å²) in [6.45, 7) is 3.29. The zero-order valence-electron chi connectivity index (χ0n) is 9.21. The first-order valence-electron chi connectivity index (χ1n) is 5.12. The highest BCUT2D eigenvalue weighted by Gasteiger charge is 2.42. The van der Waals surface area contributed by atoms with Crippen molar-refractivity contribution in [3.05, 3.63) is 0 Å². The van der Waals surface area contributed by atoms with Gasteiger partial charge >= 0.3 is 5.97 Å². The van der Waals surface area contributed by atoms with Gasteiger partial charge in [0.05, 0.1) is 0 Å². The van der Waals surface area contributed by atoms with Crippen molar-refractivity contribution < 1.29 is 24.6 Å². The van der Waals surface area contributed by atoms with Gasteiger partial charge in [0.15, 0.2) is 6.10 Å². The van der Waals surface area contributed by atoms with Crippen LogP contribution in [0.15, 0.2) is 0 Å². The minimum absolute atomic E-state index is 0.0419. The number of nitrogens with zero attached hydrogens (tertiary/aromatic N) is 1. The third-order valence-corrected chi connectivity index (χ3v) is 2.97. The van der Waals surface area contributed by atoms with Crippen LogP contribution in [0.3, 0.4) is 0 Å². The zero-order valence-corrected chi connectivity index (χ0v) is 9.21. The maximum absolute atomic E-state index is 11.6. The summed E-state index contributed by atoms with van der Waals surface area (Å²) in [6.07, 6.45) is -1.67. The zero-order chi connectivity index (χ0) is 12.5. The van der Waals surface area contributed by atoms with Crippen LogP contribution in [0.2, 0.25) is 0 Å². The fourth-order valence-electron chi connectivity index (χ4n) is 1.62. The van der Waals surface area contributed by atoms with Gasteiger partial charge in [-0.2, -0.15) is 0 Å². The van der Waals surface area contributed by atoms with Crippen molar-refractivity contribution >= 4 is 17.8 Å². The molecule has 0 spiro atoms. The molecule has 0 saturated carbocycles. The summed E-state index contributed by atoms with van der Waals surface area (Å²) in [5.74, 6) is -2.67. The molecule has 1 heterocycles. The fourth-order valence-corrected chi connectivity index (χ4v) is 1.62. The largest absolute Gasteiger partial charge is 0.479 e. The second-order valence-corrected chi connectivity index (χ2v) is 4.05. The van der Waals surface area contributed by atoms with Crippen molar-refractivity contribution in [2.75, 3.05) is 6.54 Å². The Morgan fingerprint density at radius 3 is 2.12 bits per heavy atom. The number of carbonyl (C=O) groups excluding carboxylic acids is 2. The predicted octanol–water partition coefficient (Wildman–Crippen LogP) is -0.537. The Kier molecular flexibility index (Phi) is 3.64. The lowest BCUT2D eigenvalue weighted by molar-refractivity contribution is -0.149. The van der Waals surface area contributed by atoms with Crippen LogP contribution in [-0.2, 0) is 14.4 Å². The molecule has 90 valence electrons. The quantitative estimate of drug-likeness (QED) is 0.631. The average molecular weight is 229 g/mol. The molecule has 1 saturated heterocycles. The van der Waals surface area contributed by atoms with Gasteiger partial charge in [0.1, 0.15) is 0 Å². The topological polar surface area (TPSA) is 94.9 Å². The molecule has 1 rings (SSSR count). The Morgan fingerprint density at radius 1 is 1.31 bits per heavy atom. The van der Waals surface area contributed by atoms with E-state index in [1.807, 2.05) is 0 Å². The number of carboxylic acids is 1. The van der Waals surface area contributed by atoms with E-state index in [4.69, 9.17) is 10.2 Å². The summed E-state index contributed by atoms with van der Waals surface area (Å²) in [7, 11) is 0. The van der Waals surface area contributed by atoms with E-state index in [0.717, 1.165) is 4.90 Å². The monoisotopic (exact) mass is 229 g/mol. The number of aliphatic hydroxyl groups is 1. The number of amides is 2. The minimum Gasteiger partial charge on any atom is -0.479 e. The Labute approximate surface area is 92.9 Å². The van der Waals surface area contributed by atoms with Crippen LogP contribution in [0.25, 0.3) is 0 Å². The van der Waals surface area contributed by atoms with Gasteiger partial charge in [-0.3, -0.25) is 14.5 Å². The first kappa shape index (κ1) is 12.6.